The molecule has 1 aromatic carbocycles. The second-order valence-electron chi connectivity index (χ2n) is 4.64. The van der Waals surface area contributed by atoms with E-state index in [2.05, 4.69) is 5.32 Å². The first-order chi connectivity index (χ1) is 11.1. The molecule has 0 aliphatic rings. The minimum Gasteiger partial charge on any atom is -0.462 e. The lowest BCUT2D eigenvalue weighted by atomic mass is 10.2. The molecule has 0 saturated carbocycles. The Morgan fingerprint density at radius 3 is 2.26 bits per heavy atom. The van der Waals surface area contributed by atoms with Gasteiger partial charge in [0.25, 0.3) is 0 Å². The van der Waals surface area contributed by atoms with Gasteiger partial charge in [-0.3, -0.25) is 0 Å². The average molecular weight is 317 g/mol. The molecular weight excluding hydrogens is 298 g/mol. The number of benzene rings is 1. The molecule has 0 unspecified atom stereocenters. The maximum Gasteiger partial charge on any atom is 0.374 e. The van der Waals surface area contributed by atoms with Crippen molar-refractivity contribution in [3.05, 3.63) is 53.5 Å². The van der Waals surface area contributed by atoms with E-state index in [1.165, 1.54) is 0 Å². The molecule has 1 aromatic heterocycles. The van der Waals surface area contributed by atoms with E-state index in [9.17, 15) is 9.59 Å². The molecule has 6 nitrogen and oxygen atoms in total. The molecule has 122 valence electrons. The van der Waals surface area contributed by atoms with Gasteiger partial charge in [-0.2, -0.15) is 0 Å². The molecular formula is C17H19NO5. The number of ether oxygens (including phenoxy) is 2. The Balaban J connectivity index is 1.91. The summed E-state index contributed by atoms with van der Waals surface area (Å²) in [6, 6.07) is 10.2. The van der Waals surface area contributed by atoms with Crippen LogP contribution in [0, 0.1) is 0 Å². The molecule has 0 bridgehead atoms. The summed E-state index contributed by atoms with van der Waals surface area (Å²) in [7, 11) is 0. The minimum atomic E-state index is -0.475. The fourth-order valence-corrected chi connectivity index (χ4v) is 1.91. The van der Waals surface area contributed by atoms with Crippen LogP contribution < -0.4 is 5.32 Å². The van der Waals surface area contributed by atoms with E-state index >= 15 is 0 Å². The number of carbonyl (C=O) groups is 2. The summed E-state index contributed by atoms with van der Waals surface area (Å²) >= 11 is 0. The molecule has 23 heavy (non-hydrogen) atoms. The van der Waals surface area contributed by atoms with Gasteiger partial charge in [-0.1, -0.05) is 0 Å². The molecule has 0 radical (unpaired) electrons. The van der Waals surface area contributed by atoms with Gasteiger partial charge in [-0.15, -0.1) is 0 Å². The van der Waals surface area contributed by atoms with Crippen LogP contribution in [-0.4, -0.2) is 25.2 Å². The third kappa shape index (κ3) is 4.60. The SMILES string of the molecule is CCOC(=O)c1ccc(NCc2ccc(C(=O)OCC)o2)cc1. The van der Waals surface area contributed by atoms with Crippen LogP contribution in [-0.2, 0) is 16.0 Å². The molecule has 0 spiro atoms. The smallest absolute Gasteiger partial charge is 0.374 e. The zero-order chi connectivity index (χ0) is 16.7. The van der Waals surface area contributed by atoms with Crippen LogP contribution in [0.4, 0.5) is 5.69 Å². The first kappa shape index (κ1) is 16.6. The number of furan rings is 1. The van der Waals surface area contributed by atoms with Crippen molar-refractivity contribution in [3.63, 3.8) is 0 Å². The van der Waals surface area contributed by atoms with Gasteiger partial charge < -0.3 is 19.2 Å². The van der Waals surface area contributed by atoms with Crippen LogP contribution in [0.5, 0.6) is 0 Å². The van der Waals surface area contributed by atoms with Crippen LogP contribution in [0.25, 0.3) is 0 Å². The van der Waals surface area contributed by atoms with Gasteiger partial charge in [0, 0.05) is 5.69 Å². The number of hydrogen-bond donors (Lipinski definition) is 1. The molecule has 0 amide bonds. The Hall–Kier alpha value is -2.76. The summed E-state index contributed by atoms with van der Waals surface area (Å²) in [5.74, 6) is -0.0227. The summed E-state index contributed by atoms with van der Waals surface area (Å²) in [4.78, 5) is 23.1. The summed E-state index contributed by atoms with van der Waals surface area (Å²) in [6.07, 6.45) is 0. The summed E-state index contributed by atoms with van der Waals surface area (Å²) in [6.45, 7) is 4.57. The van der Waals surface area contributed by atoms with Crippen molar-refractivity contribution < 1.29 is 23.5 Å². The molecule has 0 saturated heterocycles. The van der Waals surface area contributed by atoms with Crippen LogP contribution in [0.2, 0.25) is 0 Å². The van der Waals surface area contributed by atoms with E-state index in [4.69, 9.17) is 13.9 Å². The monoisotopic (exact) mass is 317 g/mol. The number of hydrogen-bond acceptors (Lipinski definition) is 6. The molecule has 0 fully saturated rings. The van der Waals surface area contributed by atoms with E-state index in [1.807, 2.05) is 0 Å². The van der Waals surface area contributed by atoms with E-state index in [0.717, 1.165) is 5.69 Å². The summed E-state index contributed by atoms with van der Waals surface area (Å²) < 4.78 is 15.2. The molecule has 0 aliphatic carbocycles. The van der Waals surface area contributed by atoms with Gasteiger partial charge in [0.2, 0.25) is 5.76 Å². The third-order valence-corrected chi connectivity index (χ3v) is 3.00. The van der Waals surface area contributed by atoms with Crippen molar-refractivity contribution in [2.45, 2.75) is 20.4 Å². The lowest BCUT2D eigenvalue weighted by Crippen LogP contribution is -2.05. The zero-order valence-electron chi connectivity index (χ0n) is 13.1. The number of esters is 2. The van der Waals surface area contributed by atoms with Crippen molar-refractivity contribution in [3.8, 4) is 0 Å². The molecule has 2 aromatic rings. The molecule has 2 rings (SSSR count). The second kappa shape index (κ2) is 8.03. The lowest BCUT2D eigenvalue weighted by Gasteiger charge is -2.06. The van der Waals surface area contributed by atoms with Gasteiger partial charge in [-0.25, -0.2) is 9.59 Å². The van der Waals surface area contributed by atoms with Crippen molar-refractivity contribution in [1.29, 1.82) is 0 Å². The topological polar surface area (TPSA) is 77.8 Å². The van der Waals surface area contributed by atoms with E-state index in [0.29, 0.717) is 31.1 Å². The highest BCUT2D eigenvalue weighted by molar-refractivity contribution is 5.89. The highest BCUT2D eigenvalue weighted by Gasteiger charge is 2.12. The quantitative estimate of drug-likeness (QED) is 0.790. The fourth-order valence-electron chi connectivity index (χ4n) is 1.91. The second-order valence-corrected chi connectivity index (χ2v) is 4.64. The molecule has 1 heterocycles. The summed E-state index contributed by atoms with van der Waals surface area (Å²) in [5.41, 5.74) is 1.33. The molecule has 1 N–H and O–H groups in total. The fraction of sp³-hybridized carbons (Fsp3) is 0.294. The number of nitrogens with one attached hydrogen (secondary N) is 1. The first-order valence-electron chi connectivity index (χ1n) is 7.41. The highest BCUT2D eigenvalue weighted by Crippen LogP contribution is 2.14. The van der Waals surface area contributed by atoms with Crippen LogP contribution in [0.15, 0.2) is 40.8 Å². The molecule has 6 heteroatoms. The normalized spacial score (nSPS) is 10.2. The average Bonchev–Trinajstić information content (AvgIpc) is 3.03. The Morgan fingerprint density at radius 2 is 1.61 bits per heavy atom. The van der Waals surface area contributed by atoms with Gasteiger partial charge >= 0.3 is 11.9 Å². The van der Waals surface area contributed by atoms with E-state index < -0.39 is 5.97 Å². The predicted molar refractivity (Wildman–Crippen MR) is 84.4 cm³/mol. The summed E-state index contributed by atoms with van der Waals surface area (Å²) in [5, 5.41) is 3.15. The van der Waals surface area contributed by atoms with Gasteiger partial charge in [-0.05, 0) is 50.2 Å². The van der Waals surface area contributed by atoms with Crippen molar-refractivity contribution in [1.82, 2.24) is 0 Å². The Kier molecular flexibility index (Phi) is 5.80. The minimum absolute atomic E-state index is 0.182. The largest absolute Gasteiger partial charge is 0.462 e. The van der Waals surface area contributed by atoms with Crippen molar-refractivity contribution in [2.24, 2.45) is 0 Å². The molecule has 0 aliphatic heterocycles. The van der Waals surface area contributed by atoms with Crippen molar-refractivity contribution >= 4 is 17.6 Å². The Morgan fingerprint density at radius 1 is 0.957 bits per heavy atom. The third-order valence-electron chi connectivity index (χ3n) is 3.00. The Labute approximate surface area is 134 Å². The van der Waals surface area contributed by atoms with Crippen molar-refractivity contribution in [2.75, 3.05) is 18.5 Å². The first-order valence-corrected chi connectivity index (χ1v) is 7.41. The van der Waals surface area contributed by atoms with Crippen LogP contribution in [0.3, 0.4) is 0 Å². The predicted octanol–water partition coefficient (Wildman–Crippen LogP) is 3.25. The molecule has 0 atom stereocenters. The van der Waals surface area contributed by atoms with Gasteiger partial charge in [0.15, 0.2) is 0 Å². The van der Waals surface area contributed by atoms with E-state index in [1.54, 1.807) is 50.2 Å². The maximum absolute atomic E-state index is 11.6. The number of anilines is 1. The van der Waals surface area contributed by atoms with Crippen LogP contribution >= 0.6 is 0 Å². The van der Waals surface area contributed by atoms with Crippen LogP contribution in [0.1, 0.15) is 40.5 Å². The Bertz CT molecular complexity index is 660. The number of carbonyl (C=O) groups excluding carboxylic acids is 2. The maximum atomic E-state index is 11.6. The lowest BCUT2D eigenvalue weighted by molar-refractivity contribution is 0.0486. The van der Waals surface area contributed by atoms with E-state index in [-0.39, 0.29) is 11.7 Å². The van der Waals surface area contributed by atoms with Gasteiger partial charge in [0.05, 0.1) is 25.3 Å². The highest BCUT2D eigenvalue weighted by atomic mass is 16.5. The zero-order valence-corrected chi connectivity index (χ0v) is 13.1. The standard InChI is InChI=1S/C17H19NO5/c1-3-21-16(19)12-5-7-13(8-6-12)18-11-14-9-10-15(23-14)17(20)22-4-2/h5-10,18H,3-4,11H2,1-2H3. The number of rotatable bonds is 7. The van der Waals surface area contributed by atoms with Gasteiger partial charge in [0.1, 0.15) is 5.76 Å².